The third-order valence-corrected chi connectivity index (χ3v) is 4.74. The van der Waals surface area contributed by atoms with Gasteiger partial charge in [-0.05, 0) is 35.6 Å². The van der Waals surface area contributed by atoms with Gasteiger partial charge in [0.2, 0.25) is 0 Å². The number of rotatable bonds is 6. The second-order valence-electron chi connectivity index (χ2n) is 6.63. The van der Waals surface area contributed by atoms with Gasteiger partial charge in [-0.15, -0.1) is 0 Å². The molecule has 0 saturated heterocycles. The molecule has 3 rings (SSSR count). The zero-order chi connectivity index (χ0) is 19.4. The molecule has 6 nitrogen and oxygen atoms in total. The van der Waals surface area contributed by atoms with E-state index < -0.39 is 24.0 Å². The minimum absolute atomic E-state index is 0.0238. The summed E-state index contributed by atoms with van der Waals surface area (Å²) < 4.78 is 5.34. The Hall–Kier alpha value is -3.33. The molecule has 0 radical (unpaired) electrons. The van der Waals surface area contributed by atoms with Crippen LogP contribution in [0, 0.1) is 17.2 Å². The molecule has 1 aliphatic carbocycles. The molecule has 1 amide bonds. The molecule has 0 bridgehead atoms. The third-order valence-electron chi connectivity index (χ3n) is 4.74. The lowest BCUT2D eigenvalue weighted by molar-refractivity contribution is -0.139. The van der Waals surface area contributed by atoms with Crippen LogP contribution in [0.5, 0.6) is 0 Å². The number of carbonyl (C=O) groups excluding carboxylic acids is 1. The summed E-state index contributed by atoms with van der Waals surface area (Å²) in [6, 6.07) is 16.7. The molecule has 0 fully saturated rings. The van der Waals surface area contributed by atoms with Gasteiger partial charge in [0.25, 0.3) is 0 Å². The third kappa shape index (κ3) is 3.93. The number of aliphatic carboxylic acids is 1. The highest BCUT2D eigenvalue weighted by molar-refractivity contribution is 5.81. The number of carboxylic acid groups (broad SMARTS) is 1. The highest BCUT2D eigenvalue weighted by atomic mass is 16.5. The van der Waals surface area contributed by atoms with E-state index in [2.05, 4.69) is 5.32 Å². The standard InChI is InChI=1S/C21H20N2O4/c1-13(11-22)10-19(20(24)25)23-21(26)27-12-18-16-8-4-2-6-14(16)15-7-3-5-9-17(15)18/h2-9,13,18-19H,10,12H2,1H3,(H,23,26)(H,24,25). The van der Waals surface area contributed by atoms with Gasteiger partial charge in [-0.3, -0.25) is 0 Å². The fourth-order valence-corrected chi connectivity index (χ4v) is 3.41. The Morgan fingerprint density at radius 3 is 2.22 bits per heavy atom. The van der Waals surface area contributed by atoms with E-state index in [0.29, 0.717) is 0 Å². The van der Waals surface area contributed by atoms with Crippen molar-refractivity contribution in [1.29, 1.82) is 5.26 Å². The van der Waals surface area contributed by atoms with E-state index in [0.717, 1.165) is 22.3 Å². The Morgan fingerprint density at radius 2 is 1.70 bits per heavy atom. The lowest BCUT2D eigenvalue weighted by atomic mass is 9.98. The van der Waals surface area contributed by atoms with Gasteiger partial charge < -0.3 is 15.2 Å². The van der Waals surface area contributed by atoms with Crippen LogP contribution in [0.2, 0.25) is 0 Å². The second kappa shape index (κ2) is 7.92. The van der Waals surface area contributed by atoms with Crippen LogP contribution in [-0.2, 0) is 9.53 Å². The molecular formula is C21H20N2O4. The summed E-state index contributed by atoms with van der Waals surface area (Å²) in [5.74, 6) is -1.77. The van der Waals surface area contributed by atoms with Crippen molar-refractivity contribution in [3.63, 3.8) is 0 Å². The van der Waals surface area contributed by atoms with E-state index >= 15 is 0 Å². The largest absolute Gasteiger partial charge is 0.480 e. The van der Waals surface area contributed by atoms with Gasteiger partial charge in [-0.1, -0.05) is 48.5 Å². The number of nitriles is 1. The Balaban J connectivity index is 1.69. The zero-order valence-corrected chi connectivity index (χ0v) is 14.9. The molecule has 2 unspecified atom stereocenters. The molecule has 27 heavy (non-hydrogen) atoms. The quantitative estimate of drug-likeness (QED) is 0.817. The molecule has 138 valence electrons. The van der Waals surface area contributed by atoms with Crippen LogP contribution < -0.4 is 5.32 Å². The number of nitrogens with one attached hydrogen (secondary N) is 1. The molecule has 2 aromatic carbocycles. The first kappa shape index (κ1) is 18.5. The number of ether oxygens (including phenoxy) is 1. The fraction of sp³-hybridized carbons (Fsp3) is 0.286. The summed E-state index contributed by atoms with van der Waals surface area (Å²) in [5, 5.41) is 20.4. The molecule has 0 saturated carbocycles. The van der Waals surface area contributed by atoms with Gasteiger partial charge >= 0.3 is 12.1 Å². The highest BCUT2D eigenvalue weighted by Gasteiger charge is 2.30. The summed E-state index contributed by atoms with van der Waals surface area (Å²) in [6.07, 6.45) is -0.773. The van der Waals surface area contributed by atoms with E-state index in [1.54, 1.807) is 6.92 Å². The first-order valence-corrected chi connectivity index (χ1v) is 8.75. The van der Waals surface area contributed by atoms with Crippen LogP contribution in [0.3, 0.4) is 0 Å². The molecule has 2 N–H and O–H groups in total. The monoisotopic (exact) mass is 364 g/mol. The van der Waals surface area contributed by atoms with Crippen LogP contribution in [0.25, 0.3) is 11.1 Å². The van der Waals surface area contributed by atoms with Crippen molar-refractivity contribution in [3.8, 4) is 17.2 Å². The maximum atomic E-state index is 12.1. The smallest absolute Gasteiger partial charge is 0.407 e. The average molecular weight is 364 g/mol. The molecule has 0 aliphatic heterocycles. The average Bonchev–Trinajstić information content (AvgIpc) is 2.99. The van der Waals surface area contributed by atoms with Crippen molar-refractivity contribution in [2.45, 2.75) is 25.3 Å². The Kier molecular flexibility index (Phi) is 5.41. The minimum atomic E-state index is -1.19. The maximum Gasteiger partial charge on any atom is 0.407 e. The number of fused-ring (bicyclic) bond motifs is 3. The first-order chi connectivity index (χ1) is 13.0. The Bertz CT molecular complexity index is 858. The molecule has 1 aliphatic rings. The van der Waals surface area contributed by atoms with E-state index in [9.17, 15) is 14.7 Å². The van der Waals surface area contributed by atoms with Crippen LogP contribution in [0.15, 0.2) is 48.5 Å². The number of carboxylic acids is 1. The van der Waals surface area contributed by atoms with Crippen LogP contribution in [0.4, 0.5) is 4.79 Å². The lowest BCUT2D eigenvalue weighted by Crippen LogP contribution is -2.42. The first-order valence-electron chi connectivity index (χ1n) is 8.75. The number of carbonyl (C=O) groups is 2. The minimum Gasteiger partial charge on any atom is -0.480 e. The molecule has 0 aromatic heterocycles. The van der Waals surface area contributed by atoms with Gasteiger partial charge in [0.05, 0.1) is 6.07 Å². The van der Waals surface area contributed by atoms with Crippen molar-refractivity contribution < 1.29 is 19.4 Å². The summed E-state index contributed by atoms with van der Waals surface area (Å²) in [5.41, 5.74) is 4.40. The topological polar surface area (TPSA) is 99.4 Å². The van der Waals surface area contributed by atoms with Crippen molar-refractivity contribution >= 4 is 12.1 Å². The summed E-state index contributed by atoms with van der Waals surface area (Å²) in [6.45, 7) is 1.72. The van der Waals surface area contributed by atoms with Crippen molar-refractivity contribution in [2.24, 2.45) is 5.92 Å². The van der Waals surface area contributed by atoms with Crippen LogP contribution in [0.1, 0.15) is 30.4 Å². The predicted octanol–water partition coefficient (Wildman–Crippen LogP) is 3.53. The summed E-state index contributed by atoms with van der Waals surface area (Å²) in [7, 11) is 0. The highest BCUT2D eigenvalue weighted by Crippen LogP contribution is 2.44. The predicted molar refractivity (Wildman–Crippen MR) is 99.0 cm³/mol. The van der Waals surface area contributed by atoms with Gasteiger partial charge in [0.15, 0.2) is 0 Å². The van der Waals surface area contributed by atoms with Gasteiger partial charge in [-0.25, -0.2) is 9.59 Å². The SMILES string of the molecule is CC(C#N)CC(NC(=O)OCC1c2ccccc2-c2ccccc21)C(=O)O. The summed E-state index contributed by atoms with van der Waals surface area (Å²) in [4.78, 5) is 23.4. The van der Waals surface area contributed by atoms with Gasteiger partial charge in [0, 0.05) is 11.8 Å². The molecular weight excluding hydrogens is 344 g/mol. The van der Waals surface area contributed by atoms with Crippen LogP contribution in [-0.4, -0.2) is 29.8 Å². The Labute approximate surface area is 157 Å². The number of hydrogen-bond acceptors (Lipinski definition) is 4. The number of amides is 1. The molecule has 2 aromatic rings. The van der Waals surface area contributed by atoms with Crippen molar-refractivity contribution in [2.75, 3.05) is 6.61 Å². The maximum absolute atomic E-state index is 12.1. The Morgan fingerprint density at radius 1 is 1.15 bits per heavy atom. The van der Waals surface area contributed by atoms with Crippen molar-refractivity contribution in [1.82, 2.24) is 5.32 Å². The zero-order valence-electron chi connectivity index (χ0n) is 14.9. The molecule has 0 spiro atoms. The molecule has 2 atom stereocenters. The van der Waals surface area contributed by atoms with Crippen LogP contribution >= 0.6 is 0 Å². The van der Waals surface area contributed by atoms with E-state index in [1.807, 2.05) is 54.6 Å². The van der Waals surface area contributed by atoms with Crippen molar-refractivity contribution in [3.05, 3.63) is 59.7 Å². The molecule has 0 heterocycles. The van der Waals surface area contributed by atoms with E-state index in [4.69, 9.17) is 10.00 Å². The number of alkyl carbamates (subject to hydrolysis) is 1. The summed E-state index contributed by atoms with van der Waals surface area (Å²) >= 11 is 0. The fourth-order valence-electron chi connectivity index (χ4n) is 3.41. The number of hydrogen-bond donors (Lipinski definition) is 2. The molecule has 6 heteroatoms. The normalized spacial score (nSPS) is 14.4. The second-order valence-corrected chi connectivity index (χ2v) is 6.63. The lowest BCUT2D eigenvalue weighted by Gasteiger charge is -2.18. The number of nitrogens with zero attached hydrogens (tertiary/aromatic N) is 1. The van der Waals surface area contributed by atoms with Gasteiger partial charge in [0.1, 0.15) is 12.6 Å². The number of benzene rings is 2. The van der Waals surface area contributed by atoms with E-state index in [1.165, 1.54) is 0 Å². The van der Waals surface area contributed by atoms with E-state index in [-0.39, 0.29) is 18.9 Å². The van der Waals surface area contributed by atoms with Gasteiger partial charge in [-0.2, -0.15) is 5.26 Å².